The molecule has 29 heavy (non-hydrogen) atoms. The Labute approximate surface area is 170 Å². The number of carbonyl (C=O) groups is 2. The lowest BCUT2D eigenvalue weighted by Crippen LogP contribution is -2.43. The number of rotatable bonds is 6. The highest BCUT2D eigenvalue weighted by atomic mass is 32.1. The minimum absolute atomic E-state index is 0.252. The number of aromatic nitrogens is 4. The van der Waals surface area contributed by atoms with Gasteiger partial charge < -0.3 is 15.0 Å². The summed E-state index contributed by atoms with van der Waals surface area (Å²) in [6, 6.07) is 6.97. The minimum atomic E-state index is -0.824. The number of aryl methyl sites for hydroxylation is 1. The minimum Gasteiger partial charge on any atom is -0.467 e. The summed E-state index contributed by atoms with van der Waals surface area (Å²) in [6.07, 6.45) is 5.67. The van der Waals surface area contributed by atoms with Gasteiger partial charge >= 0.3 is 5.97 Å². The molecule has 0 spiro atoms. The Bertz CT molecular complexity index is 1180. The van der Waals surface area contributed by atoms with Gasteiger partial charge in [0.15, 0.2) is 0 Å². The van der Waals surface area contributed by atoms with E-state index in [0.29, 0.717) is 11.4 Å². The zero-order valence-corrected chi connectivity index (χ0v) is 16.7. The summed E-state index contributed by atoms with van der Waals surface area (Å²) in [7, 11) is 3.12. The molecule has 0 fully saturated rings. The van der Waals surface area contributed by atoms with Gasteiger partial charge in [0.25, 0.3) is 5.91 Å². The third-order valence-electron chi connectivity index (χ3n) is 4.58. The van der Waals surface area contributed by atoms with Crippen molar-refractivity contribution in [1.82, 2.24) is 25.1 Å². The lowest BCUT2D eigenvalue weighted by atomic mass is 10.0. The first-order chi connectivity index (χ1) is 14.0. The zero-order valence-electron chi connectivity index (χ0n) is 15.9. The monoisotopic (exact) mass is 409 g/mol. The number of hydrogen-bond acceptors (Lipinski definition) is 6. The van der Waals surface area contributed by atoms with Crippen molar-refractivity contribution in [2.24, 2.45) is 7.05 Å². The fraction of sp³-hybridized carbons (Fsp3) is 0.200. The molecule has 3 aromatic heterocycles. The number of amides is 1. The number of nitrogens with one attached hydrogen (secondary N) is 2. The third kappa shape index (κ3) is 3.90. The van der Waals surface area contributed by atoms with Crippen LogP contribution in [0.3, 0.4) is 0 Å². The van der Waals surface area contributed by atoms with Gasteiger partial charge in [0.05, 0.1) is 13.3 Å². The van der Waals surface area contributed by atoms with E-state index in [1.165, 1.54) is 18.4 Å². The molecular formula is C20H19N5O3S. The van der Waals surface area contributed by atoms with Gasteiger partial charge in [-0.15, -0.1) is 11.3 Å². The van der Waals surface area contributed by atoms with Crippen LogP contribution in [-0.4, -0.2) is 44.8 Å². The molecule has 8 nitrogen and oxygen atoms in total. The van der Waals surface area contributed by atoms with Gasteiger partial charge in [-0.1, -0.05) is 18.2 Å². The van der Waals surface area contributed by atoms with Gasteiger partial charge in [-0.2, -0.15) is 5.10 Å². The lowest BCUT2D eigenvalue weighted by molar-refractivity contribution is -0.142. The molecule has 148 valence electrons. The number of benzene rings is 1. The van der Waals surface area contributed by atoms with Crippen LogP contribution in [-0.2, 0) is 23.0 Å². The van der Waals surface area contributed by atoms with E-state index in [1.807, 2.05) is 43.7 Å². The van der Waals surface area contributed by atoms with E-state index in [0.717, 1.165) is 22.0 Å². The maximum Gasteiger partial charge on any atom is 0.328 e. The van der Waals surface area contributed by atoms with Crippen molar-refractivity contribution in [1.29, 1.82) is 0 Å². The highest BCUT2D eigenvalue weighted by Gasteiger charge is 2.25. The predicted octanol–water partition coefficient (Wildman–Crippen LogP) is 2.54. The van der Waals surface area contributed by atoms with Gasteiger partial charge in [0.2, 0.25) is 0 Å². The third-order valence-corrected chi connectivity index (χ3v) is 5.47. The summed E-state index contributed by atoms with van der Waals surface area (Å²) in [5, 5.41) is 10.2. The zero-order chi connectivity index (χ0) is 20.4. The molecule has 3 heterocycles. The predicted molar refractivity (Wildman–Crippen MR) is 110 cm³/mol. The first-order valence-corrected chi connectivity index (χ1v) is 9.81. The molecule has 0 saturated heterocycles. The number of hydrogen-bond donors (Lipinski definition) is 2. The summed E-state index contributed by atoms with van der Waals surface area (Å²) in [6.45, 7) is 0. The fourth-order valence-corrected chi connectivity index (χ4v) is 3.91. The number of fused-ring (bicyclic) bond motifs is 1. The molecule has 0 saturated carbocycles. The summed E-state index contributed by atoms with van der Waals surface area (Å²) in [5.74, 6) is -0.932. The molecular weight excluding hydrogens is 390 g/mol. The Morgan fingerprint density at radius 1 is 1.34 bits per heavy atom. The number of esters is 1. The van der Waals surface area contributed by atoms with Crippen LogP contribution in [0.15, 0.2) is 48.2 Å². The molecule has 4 rings (SSSR count). The van der Waals surface area contributed by atoms with E-state index >= 15 is 0 Å². The van der Waals surface area contributed by atoms with E-state index < -0.39 is 17.9 Å². The number of carbonyl (C=O) groups excluding carboxylic acids is 2. The van der Waals surface area contributed by atoms with Crippen LogP contribution in [0.2, 0.25) is 0 Å². The number of methoxy groups -OCH3 is 1. The van der Waals surface area contributed by atoms with Crippen molar-refractivity contribution in [2.45, 2.75) is 12.5 Å². The number of para-hydroxylation sites is 1. The maximum atomic E-state index is 12.7. The van der Waals surface area contributed by atoms with E-state index in [9.17, 15) is 9.59 Å². The number of ether oxygens (including phenoxy) is 1. The average molecular weight is 409 g/mol. The first-order valence-electron chi connectivity index (χ1n) is 8.93. The van der Waals surface area contributed by atoms with Crippen molar-refractivity contribution in [2.75, 3.05) is 7.11 Å². The number of H-pyrrole nitrogens is 1. The van der Waals surface area contributed by atoms with Gasteiger partial charge in [0.1, 0.15) is 16.7 Å². The second kappa shape index (κ2) is 7.88. The van der Waals surface area contributed by atoms with E-state index in [1.54, 1.807) is 16.3 Å². The smallest absolute Gasteiger partial charge is 0.328 e. The van der Waals surface area contributed by atoms with Crippen molar-refractivity contribution < 1.29 is 14.3 Å². The Hall–Kier alpha value is -3.46. The molecule has 1 amide bonds. The Balaban J connectivity index is 1.53. The van der Waals surface area contributed by atoms with Crippen LogP contribution in [0.25, 0.3) is 21.5 Å². The fourth-order valence-electron chi connectivity index (χ4n) is 3.13. The number of nitrogens with zero attached hydrogens (tertiary/aromatic N) is 3. The second-order valence-corrected chi connectivity index (χ2v) is 7.41. The molecule has 0 aliphatic rings. The number of thiazole rings is 1. The van der Waals surface area contributed by atoms with Crippen molar-refractivity contribution in [3.05, 3.63) is 59.5 Å². The highest BCUT2D eigenvalue weighted by molar-refractivity contribution is 7.13. The van der Waals surface area contributed by atoms with Crippen molar-refractivity contribution in [3.63, 3.8) is 0 Å². The molecule has 1 atom stereocenters. The normalized spacial score (nSPS) is 12.1. The Morgan fingerprint density at radius 3 is 2.93 bits per heavy atom. The molecule has 0 aliphatic carbocycles. The topological polar surface area (TPSA) is 102 Å². The summed E-state index contributed by atoms with van der Waals surface area (Å²) >= 11 is 1.35. The molecule has 0 radical (unpaired) electrons. The first kappa shape index (κ1) is 18.9. The van der Waals surface area contributed by atoms with Gasteiger partial charge in [-0.05, 0) is 11.6 Å². The van der Waals surface area contributed by atoms with Crippen LogP contribution in [0, 0.1) is 0 Å². The van der Waals surface area contributed by atoms with Gasteiger partial charge in [-0.3, -0.25) is 9.48 Å². The van der Waals surface area contributed by atoms with E-state index in [2.05, 4.69) is 20.4 Å². The summed E-state index contributed by atoms with van der Waals surface area (Å²) < 4.78 is 6.57. The van der Waals surface area contributed by atoms with Crippen molar-refractivity contribution in [3.8, 4) is 10.6 Å². The molecule has 0 aliphatic heterocycles. The molecule has 1 aromatic carbocycles. The second-order valence-electron chi connectivity index (χ2n) is 6.55. The largest absolute Gasteiger partial charge is 0.467 e. The number of aromatic amines is 1. The molecule has 2 N–H and O–H groups in total. The Kier molecular flexibility index (Phi) is 5.13. The SMILES string of the molecule is COC(=O)[C@@H](Cc1c[nH]c2ccccc12)NC(=O)c1csc(-c2cnn(C)c2)n1. The van der Waals surface area contributed by atoms with Crippen LogP contribution < -0.4 is 5.32 Å². The van der Waals surface area contributed by atoms with Crippen LogP contribution in [0.4, 0.5) is 0 Å². The summed E-state index contributed by atoms with van der Waals surface area (Å²) in [5.41, 5.74) is 2.98. The van der Waals surface area contributed by atoms with Crippen LogP contribution in [0.5, 0.6) is 0 Å². The molecule has 4 aromatic rings. The average Bonchev–Trinajstić information content (AvgIpc) is 3.46. The van der Waals surface area contributed by atoms with Crippen LogP contribution in [0.1, 0.15) is 16.1 Å². The van der Waals surface area contributed by atoms with Gasteiger partial charge in [0, 0.05) is 47.7 Å². The van der Waals surface area contributed by atoms with Gasteiger partial charge in [-0.25, -0.2) is 9.78 Å². The maximum absolute atomic E-state index is 12.7. The molecule has 0 bridgehead atoms. The van der Waals surface area contributed by atoms with E-state index in [-0.39, 0.29) is 5.69 Å². The highest BCUT2D eigenvalue weighted by Crippen LogP contribution is 2.23. The molecule has 0 unspecified atom stereocenters. The Morgan fingerprint density at radius 2 is 2.17 bits per heavy atom. The van der Waals surface area contributed by atoms with Crippen LogP contribution >= 0.6 is 11.3 Å². The lowest BCUT2D eigenvalue weighted by Gasteiger charge is -2.15. The van der Waals surface area contributed by atoms with Crippen molar-refractivity contribution >= 4 is 34.1 Å². The van der Waals surface area contributed by atoms with E-state index in [4.69, 9.17) is 4.74 Å². The standard InChI is InChI=1S/C20H19N5O3S/c1-25-10-13(9-22-25)19-24-17(11-29-19)18(26)23-16(20(27)28-2)7-12-8-21-15-6-4-3-5-14(12)15/h3-6,8-11,16,21H,7H2,1-2H3,(H,23,26)/t16-/m1/s1. The summed E-state index contributed by atoms with van der Waals surface area (Å²) in [4.78, 5) is 32.6. The molecule has 9 heteroatoms. The quantitative estimate of drug-likeness (QED) is 0.477.